The first-order valence-electron chi connectivity index (χ1n) is 6.02. The molecular formula is C13H19N3O3. The van der Waals surface area contributed by atoms with Crippen LogP contribution in [0.25, 0.3) is 0 Å². The summed E-state index contributed by atoms with van der Waals surface area (Å²) in [4.78, 5) is 24.2. The number of carbonyl (C=O) groups excluding carboxylic acids is 1. The van der Waals surface area contributed by atoms with Gasteiger partial charge in [0.2, 0.25) is 0 Å². The average molecular weight is 265 g/mol. The first kappa shape index (κ1) is 15.0. The van der Waals surface area contributed by atoms with Gasteiger partial charge >= 0.3 is 12.0 Å². The predicted octanol–water partition coefficient (Wildman–Crippen LogP) is 1.46. The fraction of sp³-hybridized carbons (Fsp3) is 0.385. The third-order valence-electron chi connectivity index (χ3n) is 2.46. The summed E-state index contributed by atoms with van der Waals surface area (Å²) in [5.41, 5.74) is 0.757. The van der Waals surface area contributed by atoms with Gasteiger partial charge in [0.25, 0.3) is 0 Å². The lowest BCUT2D eigenvalue weighted by atomic mass is 10.2. The van der Waals surface area contributed by atoms with E-state index in [4.69, 9.17) is 5.11 Å². The lowest BCUT2D eigenvalue weighted by Gasteiger charge is -2.10. The van der Waals surface area contributed by atoms with Crippen molar-refractivity contribution in [2.45, 2.75) is 6.42 Å². The van der Waals surface area contributed by atoms with E-state index in [0.29, 0.717) is 12.2 Å². The fourth-order valence-corrected chi connectivity index (χ4v) is 1.47. The fourth-order valence-electron chi connectivity index (χ4n) is 1.47. The maximum Gasteiger partial charge on any atom is 0.335 e. The van der Waals surface area contributed by atoms with Gasteiger partial charge in [-0.05, 0) is 51.3 Å². The van der Waals surface area contributed by atoms with E-state index in [1.54, 1.807) is 12.1 Å². The number of hydrogen-bond acceptors (Lipinski definition) is 3. The number of carboxylic acid groups (broad SMARTS) is 1. The van der Waals surface area contributed by atoms with Gasteiger partial charge in [-0.2, -0.15) is 0 Å². The lowest BCUT2D eigenvalue weighted by Crippen LogP contribution is -2.31. The molecule has 0 aliphatic carbocycles. The van der Waals surface area contributed by atoms with E-state index in [-0.39, 0.29) is 11.6 Å². The molecule has 2 amide bonds. The third-order valence-corrected chi connectivity index (χ3v) is 2.46. The van der Waals surface area contributed by atoms with Crippen molar-refractivity contribution in [2.75, 3.05) is 32.5 Å². The van der Waals surface area contributed by atoms with Crippen LogP contribution < -0.4 is 10.6 Å². The highest BCUT2D eigenvalue weighted by Crippen LogP contribution is 2.09. The van der Waals surface area contributed by atoms with Crippen molar-refractivity contribution in [3.05, 3.63) is 29.8 Å². The predicted molar refractivity (Wildman–Crippen MR) is 73.6 cm³/mol. The zero-order chi connectivity index (χ0) is 14.3. The summed E-state index contributed by atoms with van der Waals surface area (Å²) in [6.07, 6.45) is 0.873. The Morgan fingerprint density at radius 3 is 2.37 bits per heavy atom. The number of urea groups is 1. The Morgan fingerprint density at radius 1 is 1.21 bits per heavy atom. The van der Waals surface area contributed by atoms with Crippen LogP contribution in [-0.2, 0) is 0 Å². The zero-order valence-corrected chi connectivity index (χ0v) is 11.1. The molecule has 0 aliphatic heterocycles. The number of anilines is 1. The highest BCUT2D eigenvalue weighted by atomic mass is 16.4. The summed E-state index contributed by atoms with van der Waals surface area (Å²) in [5, 5.41) is 14.1. The standard InChI is InChI=1S/C13H19N3O3/c1-16(2)9-3-8-14-13(19)15-11-6-4-10(5-7-11)12(17)18/h4-7H,3,8-9H2,1-2H3,(H,17,18)(H2,14,15,19). The van der Waals surface area contributed by atoms with Crippen molar-refractivity contribution in [3.8, 4) is 0 Å². The van der Waals surface area contributed by atoms with Crippen LogP contribution in [0.2, 0.25) is 0 Å². The number of carboxylic acids is 1. The summed E-state index contributed by atoms with van der Waals surface area (Å²) in [6.45, 7) is 1.50. The normalized spacial score (nSPS) is 10.3. The van der Waals surface area contributed by atoms with Crippen LogP contribution in [0.15, 0.2) is 24.3 Å². The molecule has 19 heavy (non-hydrogen) atoms. The van der Waals surface area contributed by atoms with Gasteiger partial charge in [-0.1, -0.05) is 0 Å². The molecule has 1 aromatic rings. The summed E-state index contributed by atoms with van der Waals surface area (Å²) >= 11 is 0. The van der Waals surface area contributed by atoms with Crippen molar-refractivity contribution in [2.24, 2.45) is 0 Å². The molecule has 0 heterocycles. The number of benzene rings is 1. The Labute approximate surface area is 112 Å². The topological polar surface area (TPSA) is 81.7 Å². The molecule has 104 valence electrons. The van der Waals surface area contributed by atoms with Gasteiger partial charge in [0.1, 0.15) is 0 Å². The molecule has 0 saturated carbocycles. The van der Waals surface area contributed by atoms with Crippen molar-refractivity contribution in [1.29, 1.82) is 0 Å². The number of rotatable bonds is 6. The molecule has 1 aromatic carbocycles. The van der Waals surface area contributed by atoms with Gasteiger partial charge < -0.3 is 20.6 Å². The SMILES string of the molecule is CN(C)CCCNC(=O)Nc1ccc(C(=O)O)cc1. The minimum absolute atomic E-state index is 0.192. The molecular weight excluding hydrogens is 246 g/mol. The van der Waals surface area contributed by atoms with Crippen molar-refractivity contribution < 1.29 is 14.7 Å². The van der Waals surface area contributed by atoms with Crippen LogP contribution in [-0.4, -0.2) is 49.2 Å². The quantitative estimate of drug-likeness (QED) is 0.680. The van der Waals surface area contributed by atoms with Crippen LogP contribution in [0, 0.1) is 0 Å². The van der Waals surface area contributed by atoms with E-state index in [2.05, 4.69) is 10.6 Å². The van der Waals surface area contributed by atoms with E-state index >= 15 is 0 Å². The number of hydrogen-bond donors (Lipinski definition) is 3. The highest BCUT2D eigenvalue weighted by Gasteiger charge is 2.04. The molecule has 0 saturated heterocycles. The number of nitrogens with zero attached hydrogens (tertiary/aromatic N) is 1. The number of amides is 2. The molecule has 0 atom stereocenters. The molecule has 0 aliphatic rings. The number of carbonyl (C=O) groups is 2. The largest absolute Gasteiger partial charge is 0.478 e. The van der Waals surface area contributed by atoms with E-state index in [1.165, 1.54) is 12.1 Å². The van der Waals surface area contributed by atoms with Gasteiger partial charge in [-0.15, -0.1) is 0 Å². The van der Waals surface area contributed by atoms with Crippen molar-refractivity contribution in [3.63, 3.8) is 0 Å². The zero-order valence-electron chi connectivity index (χ0n) is 11.1. The molecule has 6 heteroatoms. The Hall–Kier alpha value is -2.08. The molecule has 0 spiro atoms. The number of aromatic carboxylic acids is 1. The lowest BCUT2D eigenvalue weighted by molar-refractivity contribution is 0.0697. The van der Waals surface area contributed by atoms with E-state index in [1.807, 2.05) is 19.0 Å². The van der Waals surface area contributed by atoms with E-state index in [0.717, 1.165) is 13.0 Å². The molecule has 6 nitrogen and oxygen atoms in total. The molecule has 0 aromatic heterocycles. The number of nitrogens with one attached hydrogen (secondary N) is 2. The monoisotopic (exact) mass is 265 g/mol. The molecule has 0 fully saturated rings. The van der Waals surface area contributed by atoms with Gasteiger partial charge in [0, 0.05) is 12.2 Å². The van der Waals surface area contributed by atoms with Crippen LogP contribution in [0.5, 0.6) is 0 Å². The van der Waals surface area contributed by atoms with Crippen molar-refractivity contribution in [1.82, 2.24) is 10.2 Å². The molecule has 0 bridgehead atoms. The summed E-state index contributed by atoms with van der Waals surface area (Å²) in [6, 6.07) is 5.72. The van der Waals surface area contributed by atoms with Gasteiger partial charge in [-0.25, -0.2) is 9.59 Å². The maximum atomic E-state index is 11.5. The maximum absolute atomic E-state index is 11.5. The van der Waals surface area contributed by atoms with Crippen LogP contribution in [0.4, 0.5) is 10.5 Å². The second kappa shape index (κ2) is 7.38. The molecule has 1 rings (SSSR count). The summed E-state index contributed by atoms with van der Waals surface area (Å²) in [5.74, 6) is -0.986. The summed E-state index contributed by atoms with van der Waals surface area (Å²) in [7, 11) is 3.95. The van der Waals surface area contributed by atoms with Gasteiger partial charge in [0.05, 0.1) is 5.56 Å². The molecule has 0 unspecified atom stereocenters. The van der Waals surface area contributed by atoms with Crippen molar-refractivity contribution >= 4 is 17.7 Å². The molecule has 3 N–H and O–H groups in total. The van der Waals surface area contributed by atoms with Gasteiger partial charge in [-0.3, -0.25) is 0 Å². The summed E-state index contributed by atoms with van der Waals surface area (Å²) < 4.78 is 0. The second-order valence-electron chi connectivity index (χ2n) is 4.42. The van der Waals surface area contributed by atoms with Crippen LogP contribution in [0.3, 0.4) is 0 Å². The first-order valence-corrected chi connectivity index (χ1v) is 6.02. The van der Waals surface area contributed by atoms with Gasteiger partial charge in [0.15, 0.2) is 0 Å². The Kier molecular flexibility index (Phi) is 5.81. The minimum atomic E-state index is -0.986. The Morgan fingerprint density at radius 2 is 1.84 bits per heavy atom. The highest BCUT2D eigenvalue weighted by molar-refractivity contribution is 5.91. The van der Waals surface area contributed by atoms with Crippen LogP contribution in [0.1, 0.15) is 16.8 Å². The second-order valence-corrected chi connectivity index (χ2v) is 4.42. The van der Waals surface area contributed by atoms with Crippen LogP contribution >= 0.6 is 0 Å². The first-order chi connectivity index (χ1) is 8.99. The third kappa shape index (κ3) is 5.87. The Balaban J connectivity index is 2.34. The van der Waals surface area contributed by atoms with E-state index < -0.39 is 5.97 Å². The molecule has 0 radical (unpaired) electrons. The minimum Gasteiger partial charge on any atom is -0.478 e. The average Bonchev–Trinajstić information content (AvgIpc) is 2.35. The smallest absolute Gasteiger partial charge is 0.335 e. The Bertz CT molecular complexity index is 429. The van der Waals surface area contributed by atoms with E-state index in [9.17, 15) is 9.59 Å².